The average molecular weight is 326 g/mol. The van der Waals surface area contributed by atoms with Crippen LogP contribution in [0, 0.1) is 10.1 Å². The number of ether oxygens (including phenoxy) is 1. The Kier molecular flexibility index (Phi) is 5.56. The first-order valence-electron chi connectivity index (χ1n) is 8.37. The van der Waals surface area contributed by atoms with Gasteiger partial charge in [0.2, 0.25) is 0 Å². The fraction of sp³-hybridized carbons (Fsp3) is 0.368. The first-order valence-corrected chi connectivity index (χ1v) is 8.37. The van der Waals surface area contributed by atoms with Crippen LogP contribution in [-0.4, -0.2) is 42.7 Å². The standard InChI is InChI=1S/C19H22N2O3/c22-21(23)18-8-3-6-17(15-18)19-9-2-1-5-16(19)7-4-10-20-11-13-24-14-12-20/h1-3,5-6,8-9,15H,4,7,10-14H2. The number of hydrogen-bond acceptors (Lipinski definition) is 4. The molecule has 5 nitrogen and oxygen atoms in total. The highest BCUT2D eigenvalue weighted by Crippen LogP contribution is 2.27. The third kappa shape index (κ3) is 4.19. The molecule has 1 fully saturated rings. The molecule has 0 N–H and O–H groups in total. The molecular weight excluding hydrogens is 304 g/mol. The number of rotatable bonds is 6. The number of nitro groups is 1. The first kappa shape index (κ1) is 16.6. The highest BCUT2D eigenvalue weighted by Gasteiger charge is 2.12. The Balaban J connectivity index is 1.70. The quantitative estimate of drug-likeness (QED) is 0.602. The van der Waals surface area contributed by atoms with Crippen molar-refractivity contribution < 1.29 is 9.66 Å². The Bertz CT molecular complexity index is 697. The van der Waals surface area contributed by atoms with Crippen LogP contribution in [0.25, 0.3) is 11.1 Å². The van der Waals surface area contributed by atoms with Crippen LogP contribution in [0.2, 0.25) is 0 Å². The minimum absolute atomic E-state index is 0.135. The van der Waals surface area contributed by atoms with Gasteiger partial charge in [-0.1, -0.05) is 36.4 Å². The molecule has 0 bridgehead atoms. The van der Waals surface area contributed by atoms with Crippen LogP contribution in [0.3, 0.4) is 0 Å². The van der Waals surface area contributed by atoms with Gasteiger partial charge in [-0.15, -0.1) is 0 Å². The minimum atomic E-state index is -0.343. The Morgan fingerprint density at radius 1 is 1.08 bits per heavy atom. The van der Waals surface area contributed by atoms with Crippen molar-refractivity contribution in [3.05, 3.63) is 64.2 Å². The van der Waals surface area contributed by atoms with E-state index in [4.69, 9.17) is 4.74 Å². The molecule has 24 heavy (non-hydrogen) atoms. The molecule has 0 atom stereocenters. The van der Waals surface area contributed by atoms with E-state index in [2.05, 4.69) is 11.0 Å². The van der Waals surface area contributed by atoms with Crippen molar-refractivity contribution >= 4 is 5.69 Å². The van der Waals surface area contributed by atoms with E-state index in [1.54, 1.807) is 12.1 Å². The first-order chi connectivity index (χ1) is 11.7. The Hall–Kier alpha value is -2.24. The average Bonchev–Trinajstić information content (AvgIpc) is 2.63. The summed E-state index contributed by atoms with van der Waals surface area (Å²) in [5.41, 5.74) is 3.37. The molecule has 0 spiro atoms. The zero-order valence-electron chi connectivity index (χ0n) is 13.7. The van der Waals surface area contributed by atoms with E-state index in [1.807, 2.05) is 24.3 Å². The maximum absolute atomic E-state index is 11.0. The molecule has 0 unspecified atom stereocenters. The molecule has 0 aliphatic carbocycles. The summed E-state index contributed by atoms with van der Waals surface area (Å²) in [7, 11) is 0. The number of non-ortho nitro benzene ring substituents is 1. The van der Waals surface area contributed by atoms with Crippen LogP contribution < -0.4 is 0 Å². The molecule has 0 amide bonds. The SMILES string of the molecule is O=[N+]([O-])c1cccc(-c2ccccc2CCCN2CCOCC2)c1. The molecule has 126 valence electrons. The Labute approximate surface area is 142 Å². The van der Waals surface area contributed by atoms with Crippen LogP contribution in [0.5, 0.6) is 0 Å². The second-order valence-electron chi connectivity index (χ2n) is 6.02. The summed E-state index contributed by atoms with van der Waals surface area (Å²) in [4.78, 5) is 13.1. The topological polar surface area (TPSA) is 55.6 Å². The summed E-state index contributed by atoms with van der Waals surface area (Å²) in [6.07, 6.45) is 2.04. The molecular formula is C19H22N2O3. The van der Waals surface area contributed by atoms with Gasteiger partial charge in [-0.25, -0.2) is 0 Å². The number of nitrogens with zero attached hydrogens (tertiary/aromatic N) is 2. The van der Waals surface area contributed by atoms with E-state index in [0.717, 1.165) is 56.8 Å². The van der Waals surface area contributed by atoms with Gasteiger partial charge in [0.15, 0.2) is 0 Å². The minimum Gasteiger partial charge on any atom is -0.379 e. The van der Waals surface area contributed by atoms with Gasteiger partial charge < -0.3 is 4.74 Å². The van der Waals surface area contributed by atoms with Gasteiger partial charge in [0.25, 0.3) is 5.69 Å². The van der Waals surface area contributed by atoms with Gasteiger partial charge in [0, 0.05) is 25.2 Å². The smallest absolute Gasteiger partial charge is 0.270 e. The van der Waals surface area contributed by atoms with Crippen LogP contribution in [0.1, 0.15) is 12.0 Å². The second-order valence-corrected chi connectivity index (χ2v) is 6.02. The second kappa shape index (κ2) is 8.04. The van der Waals surface area contributed by atoms with E-state index in [0.29, 0.717) is 0 Å². The number of nitro benzene ring substituents is 1. The highest BCUT2D eigenvalue weighted by molar-refractivity contribution is 5.69. The molecule has 0 saturated carbocycles. The van der Waals surface area contributed by atoms with Crippen molar-refractivity contribution in [2.24, 2.45) is 0 Å². The molecule has 0 radical (unpaired) electrons. The summed E-state index contributed by atoms with van der Waals surface area (Å²) < 4.78 is 5.38. The van der Waals surface area contributed by atoms with Crippen molar-refractivity contribution in [3.63, 3.8) is 0 Å². The van der Waals surface area contributed by atoms with Crippen LogP contribution >= 0.6 is 0 Å². The third-order valence-electron chi connectivity index (χ3n) is 4.41. The molecule has 1 saturated heterocycles. The van der Waals surface area contributed by atoms with Crippen molar-refractivity contribution in [1.29, 1.82) is 0 Å². The van der Waals surface area contributed by atoms with Gasteiger partial charge in [0.05, 0.1) is 18.1 Å². The van der Waals surface area contributed by atoms with Crippen LogP contribution in [-0.2, 0) is 11.2 Å². The molecule has 0 aromatic heterocycles. The van der Waals surface area contributed by atoms with E-state index < -0.39 is 0 Å². The molecule has 3 rings (SSSR count). The predicted molar refractivity (Wildman–Crippen MR) is 94.1 cm³/mol. The Morgan fingerprint density at radius 3 is 2.67 bits per heavy atom. The molecule has 5 heteroatoms. The summed E-state index contributed by atoms with van der Waals surface area (Å²) >= 11 is 0. The summed E-state index contributed by atoms with van der Waals surface area (Å²) in [6, 6.07) is 15.1. The van der Waals surface area contributed by atoms with Crippen molar-refractivity contribution in [2.75, 3.05) is 32.8 Å². The molecule has 1 aliphatic heterocycles. The van der Waals surface area contributed by atoms with Gasteiger partial charge in [-0.2, -0.15) is 0 Å². The maximum Gasteiger partial charge on any atom is 0.270 e. The zero-order chi connectivity index (χ0) is 16.8. The number of hydrogen-bond donors (Lipinski definition) is 0. The Morgan fingerprint density at radius 2 is 1.88 bits per heavy atom. The van der Waals surface area contributed by atoms with Crippen LogP contribution in [0.15, 0.2) is 48.5 Å². The molecule has 2 aromatic carbocycles. The lowest BCUT2D eigenvalue weighted by Crippen LogP contribution is -2.36. The third-order valence-corrected chi connectivity index (χ3v) is 4.41. The lowest BCUT2D eigenvalue weighted by Gasteiger charge is -2.26. The molecule has 2 aromatic rings. The summed E-state index contributed by atoms with van der Waals surface area (Å²) in [6.45, 7) is 4.72. The van der Waals surface area contributed by atoms with Gasteiger partial charge in [0.1, 0.15) is 0 Å². The highest BCUT2D eigenvalue weighted by atomic mass is 16.6. The van der Waals surface area contributed by atoms with E-state index in [9.17, 15) is 10.1 Å². The van der Waals surface area contributed by atoms with Crippen molar-refractivity contribution in [3.8, 4) is 11.1 Å². The van der Waals surface area contributed by atoms with Crippen LogP contribution in [0.4, 0.5) is 5.69 Å². The lowest BCUT2D eigenvalue weighted by molar-refractivity contribution is -0.384. The summed E-state index contributed by atoms with van der Waals surface area (Å²) in [5, 5.41) is 11.0. The van der Waals surface area contributed by atoms with E-state index in [-0.39, 0.29) is 10.6 Å². The fourth-order valence-corrected chi connectivity index (χ4v) is 3.12. The largest absolute Gasteiger partial charge is 0.379 e. The van der Waals surface area contributed by atoms with Crippen molar-refractivity contribution in [2.45, 2.75) is 12.8 Å². The lowest BCUT2D eigenvalue weighted by atomic mass is 9.96. The fourth-order valence-electron chi connectivity index (χ4n) is 3.12. The van der Waals surface area contributed by atoms with Gasteiger partial charge >= 0.3 is 0 Å². The van der Waals surface area contributed by atoms with Crippen molar-refractivity contribution in [1.82, 2.24) is 4.90 Å². The van der Waals surface area contributed by atoms with E-state index in [1.165, 1.54) is 11.6 Å². The molecule has 1 heterocycles. The predicted octanol–water partition coefficient (Wildman–Crippen LogP) is 3.53. The monoisotopic (exact) mass is 326 g/mol. The zero-order valence-corrected chi connectivity index (χ0v) is 13.7. The number of morpholine rings is 1. The normalized spacial score (nSPS) is 15.3. The summed E-state index contributed by atoms with van der Waals surface area (Å²) in [5.74, 6) is 0. The van der Waals surface area contributed by atoms with Gasteiger partial charge in [-0.3, -0.25) is 15.0 Å². The number of aryl methyl sites for hydroxylation is 1. The maximum atomic E-state index is 11.0. The molecule has 1 aliphatic rings. The number of benzene rings is 2. The van der Waals surface area contributed by atoms with E-state index >= 15 is 0 Å². The van der Waals surface area contributed by atoms with Gasteiger partial charge in [-0.05, 0) is 36.1 Å².